The van der Waals surface area contributed by atoms with Crippen molar-refractivity contribution in [2.45, 2.75) is 45.6 Å². The Kier molecular flexibility index (Phi) is 5.42. The Bertz CT molecular complexity index is 657. The van der Waals surface area contributed by atoms with Crippen LogP contribution in [-0.2, 0) is 16.6 Å². The molecule has 0 radical (unpaired) electrons. The zero-order valence-electron chi connectivity index (χ0n) is 14.1. The van der Waals surface area contributed by atoms with Gasteiger partial charge in [-0.25, -0.2) is 0 Å². The van der Waals surface area contributed by atoms with Gasteiger partial charge in [0.1, 0.15) is 0 Å². The van der Waals surface area contributed by atoms with E-state index < -0.39 is 0 Å². The Morgan fingerprint density at radius 1 is 1.17 bits per heavy atom. The van der Waals surface area contributed by atoms with E-state index in [4.69, 9.17) is 11.6 Å². The molecular weight excluding hydrogens is 308 g/mol. The monoisotopic (exact) mass is 330 g/mol. The minimum Gasteiger partial charge on any atom is -0.348 e. The van der Waals surface area contributed by atoms with Gasteiger partial charge in [-0.15, -0.1) is 0 Å². The van der Waals surface area contributed by atoms with E-state index in [9.17, 15) is 4.79 Å². The quantitative estimate of drug-likeness (QED) is 0.899. The molecule has 0 saturated carbocycles. The highest BCUT2D eigenvalue weighted by Crippen LogP contribution is 2.22. The average molecular weight is 331 g/mol. The molecular formula is C19H23ClN2O. The molecule has 0 spiro atoms. The average Bonchev–Trinajstić information content (AvgIpc) is 2.47. The summed E-state index contributed by atoms with van der Waals surface area (Å²) in [6, 6.07) is 11.7. The first-order valence-corrected chi connectivity index (χ1v) is 8.14. The second kappa shape index (κ2) is 7.14. The lowest BCUT2D eigenvalue weighted by Gasteiger charge is -2.19. The maximum atomic E-state index is 12.2. The highest BCUT2D eigenvalue weighted by molar-refractivity contribution is 6.30. The second-order valence-electron chi connectivity index (χ2n) is 6.81. The largest absolute Gasteiger partial charge is 0.348 e. The highest BCUT2D eigenvalue weighted by Gasteiger charge is 2.14. The summed E-state index contributed by atoms with van der Waals surface area (Å²) in [5.74, 6) is -0.0160. The third-order valence-electron chi connectivity index (χ3n) is 3.76. The van der Waals surface area contributed by atoms with E-state index in [1.807, 2.05) is 25.1 Å². The fraction of sp³-hybridized carbons (Fsp3) is 0.368. The first-order valence-electron chi connectivity index (χ1n) is 7.76. The lowest BCUT2D eigenvalue weighted by atomic mass is 9.86. The Morgan fingerprint density at radius 3 is 2.35 bits per heavy atom. The molecule has 1 amide bonds. The molecule has 1 atom stereocenters. The van der Waals surface area contributed by atoms with Gasteiger partial charge in [-0.2, -0.15) is 0 Å². The molecule has 0 unspecified atom stereocenters. The molecule has 1 N–H and O–H groups in total. The summed E-state index contributed by atoms with van der Waals surface area (Å²) < 4.78 is 0. The molecule has 0 aliphatic rings. The van der Waals surface area contributed by atoms with Crippen LogP contribution < -0.4 is 5.32 Å². The molecule has 0 bridgehead atoms. The lowest BCUT2D eigenvalue weighted by molar-refractivity contribution is -0.121. The number of hydrogen-bond donors (Lipinski definition) is 1. The first kappa shape index (κ1) is 17.5. The summed E-state index contributed by atoms with van der Waals surface area (Å²) in [6.07, 6.45) is 1.95. The maximum absolute atomic E-state index is 12.2. The number of halogens is 1. The molecule has 0 saturated heterocycles. The summed E-state index contributed by atoms with van der Waals surface area (Å²) in [5, 5.41) is 3.55. The molecule has 1 aromatic heterocycles. The van der Waals surface area contributed by atoms with Gasteiger partial charge < -0.3 is 5.32 Å². The number of amides is 1. The predicted octanol–water partition coefficient (Wildman–Crippen LogP) is 4.45. The summed E-state index contributed by atoms with van der Waals surface area (Å²) in [4.78, 5) is 16.4. The van der Waals surface area contributed by atoms with E-state index in [2.05, 4.69) is 43.2 Å². The van der Waals surface area contributed by atoms with Gasteiger partial charge in [0, 0.05) is 6.20 Å². The molecule has 0 aliphatic heterocycles. The van der Waals surface area contributed by atoms with Crippen molar-refractivity contribution in [1.29, 1.82) is 0 Å². The van der Waals surface area contributed by atoms with Crippen LogP contribution in [-0.4, -0.2) is 10.9 Å². The van der Waals surface area contributed by atoms with Crippen molar-refractivity contribution in [3.8, 4) is 0 Å². The van der Waals surface area contributed by atoms with E-state index in [1.165, 1.54) is 5.56 Å². The van der Waals surface area contributed by atoms with E-state index in [0.29, 0.717) is 11.4 Å². The molecule has 0 fully saturated rings. The van der Waals surface area contributed by atoms with Crippen LogP contribution in [0.5, 0.6) is 0 Å². The van der Waals surface area contributed by atoms with Gasteiger partial charge in [0.2, 0.25) is 5.91 Å². The third kappa shape index (κ3) is 5.07. The van der Waals surface area contributed by atoms with Crippen LogP contribution >= 0.6 is 11.6 Å². The van der Waals surface area contributed by atoms with Gasteiger partial charge in [-0.3, -0.25) is 9.78 Å². The summed E-state index contributed by atoms with van der Waals surface area (Å²) in [7, 11) is 0. The second-order valence-corrected chi connectivity index (χ2v) is 7.25. The van der Waals surface area contributed by atoms with Gasteiger partial charge in [0.15, 0.2) is 0 Å². The van der Waals surface area contributed by atoms with E-state index >= 15 is 0 Å². The third-order valence-corrected chi connectivity index (χ3v) is 3.98. The highest BCUT2D eigenvalue weighted by atomic mass is 35.5. The number of benzene rings is 1. The van der Waals surface area contributed by atoms with E-state index in [1.54, 1.807) is 12.3 Å². The summed E-state index contributed by atoms with van der Waals surface area (Å²) >= 11 is 5.82. The number of pyridine rings is 1. The van der Waals surface area contributed by atoms with Gasteiger partial charge in [0.25, 0.3) is 0 Å². The number of hydrogen-bond acceptors (Lipinski definition) is 2. The van der Waals surface area contributed by atoms with Crippen LogP contribution in [0.3, 0.4) is 0 Å². The van der Waals surface area contributed by atoms with Crippen molar-refractivity contribution in [2.75, 3.05) is 0 Å². The van der Waals surface area contributed by atoms with Gasteiger partial charge >= 0.3 is 0 Å². The lowest BCUT2D eigenvalue weighted by Crippen LogP contribution is -2.28. The van der Waals surface area contributed by atoms with Gasteiger partial charge in [0.05, 0.1) is 23.2 Å². The zero-order chi connectivity index (χ0) is 17.0. The zero-order valence-corrected chi connectivity index (χ0v) is 14.8. The summed E-state index contributed by atoms with van der Waals surface area (Å²) in [6.45, 7) is 8.44. The smallest absolute Gasteiger partial charge is 0.224 e. The van der Waals surface area contributed by atoms with E-state index in [0.717, 1.165) is 11.3 Å². The van der Waals surface area contributed by atoms with Crippen LogP contribution in [0.15, 0.2) is 42.6 Å². The van der Waals surface area contributed by atoms with Crippen LogP contribution in [0.25, 0.3) is 0 Å². The fourth-order valence-electron chi connectivity index (χ4n) is 2.32. The van der Waals surface area contributed by atoms with Crippen molar-refractivity contribution in [3.05, 3.63) is 64.4 Å². The number of carbonyl (C=O) groups excluding carboxylic acids is 1. The molecule has 2 rings (SSSR count). The van der Waals surface area contributed by atoms with E-state index in [-0.39, 0.29) is 17.4 Å². The van der Waals surface area contributed by atoms with Crippen molar-refractivity contribution in [1.82, 2.24) is 10.3 Å². The normalized spacial score (nSPS) is 12.7. The minimum absolute atomic E-state index is 0.0160. The SMILES string of the molecule is C[C@@H](NC(=O)Cc1ccc(C(C)(C)C)cc1)c1ccc(Cl)cn1. The molecule has 4 heteroatoms. The number of nitrogens with zero attached hydrogens (tertiary/aromatic N) is 1. The fourth-order valence-corrected chi connectivity index (χ4v) is 2.43. The molecule has 122 valence electrons. The van der Waals surface area contributed by atoms with Crippen molar-refractivity contribution in [3.63, 3.8) is 0 Å². The van der Waals surface area contributed by atoms with Crippen LogP contribution in [0.2, 0.25) is 5.02 Å². The number of carbonyl (C=O) groups is 1. The van der Waals surface area contributed by atoms with Gasteiger partial charge in [-0.05, 0) is 35.6 Å². The minimum atomic E-state index is -0.145. The Labute approximate surface area is 143 Å². The number of nitrogens with one attached hydrogen (secondary N) is 1. The Hall–Kier alpha value is -1.87. The van der Waals surface area contributed by atoms with Crippen molar-refractivity contribution < 1.29 is 4.79 Å². The Morgan fingerprint density at radius 2 is 1.83 bits per heavy atom. The Balaban J connectivity index is 1.95. The maximum Gasteiger partial charge on any atom is 0.224 e. The molecule has 1 aromatic carbocycles. The van der Waals surface area contributed by atoms with Crippen LogP contribution in [0.4, 0.5) is 0 Å². The summed E-state index contributed by atoms with van der Waals surface area (Å²) in [5.41, 5.74) is 3.19. The number of rotatable bonds is 4. The van der Waals surface area contributed by atoms with Gasteiger partial charge in [-0.1, -0.05) is 56.6 Å². The van der Waals surface area contributed by atoms with Crippen LogP contribution in [0.1, 0.15) is 50.6 Å². The molecule has 2 aromatic rings. The molecule has 1 heterocycles. The number of aromatic nitrogens is 1. The van der Waals surface area contributed by atoms with Crippen LogP contribution in [0, 0.1) is 0 Å². The standard InChI is InChI=1S/C19H23ClN2O/c1-13(17-10-9-16(20)12-21-17)22-18(23)11-14-5-7-15(8-6-14)19(2,3)4/h5-10,12-13H,11H2,1-4H3,(H,22,23)/t13-/m1/s1. The van der Waals surface area contributed by atoms with Crippen molar-refractivity contribution >= 4 is 17.5 Å². The predicted molar refractivity (Wildman–Crippen MR) is 94.7 cm³/mol. The first-order chi connectivity index (χ1) is 10.8. The molecule has 3 nitrogen and oxygen atoms in total. The molecule has 23 heavy (non-hydrogen) atoms. The molecule has 0 aliphatic carbocycles. The topological polar surface area (TPSA) is 42.0 Å². The van der Waals surface area contributed by atoms with Crippen molar-refractivity contribution in [2.24, 2.45) is 0 Å².